The van der Waals surface area contributed by atoms with E-state index < -0.39 is 0 Å². The minimum atomic E-state index is 0.300. The molecule has 94 valence electrons. The van der Waals surface area contributed by atoms with Gasteiger partial charge in [0.2, 0.25) is 0 Å². The monoisotopic (exact) mass is 299 g/mol. The van der Waals surface area contributed by atoms with Crippen molar-refractivity contribution in [1.82, 2.24) is 15.2 Å². The fourth-order valence-electron chi connectivity index (χ4n) is 2.00. The van der Waals surface area contributed by atoms with E-state index in [-0.39, 0.29) is 0 Å². The van der Waals surface area contributed by atoms with Crippen molar-refractivity contribution >= 4 is 15.9 Å². The molecule has 0 saturated carbocycles. The molecule has 1 atom stereocenters. The Bertz CT molecular complexity index is 355. The van der Waals surface area contributed by atoms with Crippen molar-refractivity contribution in [3.63, 3.8) is 0 Å². The lowest BCUT2D eigenvalue weighted by Crippen LogP contribution is -2.44. The normalized spacial score (nSPS) is 20.8. The van der Waals surface area contributed by atoms with Gasteiger partial charge in [0.1, 0.15) is 0 Å². The number of hydrogen-bond acceptors (Lipinski definition) is 4. The van der Waals surface area contributed by atoms with E-state index in [1.54, 1.807) is 6.20 Å². The highest BCUT2D eigenvalue weighted by Gasteiger charge is 2.15. The maximum Gasteiger partial charge on any atom is 0.0826 e. The third kappa shape index (κ3) is 4.35. The fraction of sp³-hybridized carbons (Fsp3) is 0.583. The minimum Gasteiger partial charge on any atom is -0.374 e. The van der Waals surface area contributed by atoms with E-state index in [2.05, 4.69) is 44.2 Å². The first-order valence-corrected chi connectivity index (χ1v) is 6.63. The van der Waals surface area contributed by atoms with Crippen molar-refractivity contribution < 1.29 is 4.74 Å². The number of halogens is 1. The van der Waals surface area contributed by atoms with Gasteiger partial charge in [-0.1, -0.05) is 0 Å². The van der Waals surface area contributed by atoms with Gasteiger partial charge in [-0.2, -0.15) is 0 Å². The molecule has 1 aromatic rings. The molecule has 0 radical (unpaired) electrons. The summed E-state index contributed by atoms with van der Waals surface area (Å²) in [5.74, 6) is 0. The van der Waals surface area contributed by atoms with Crippen LogP contribution in [-0.4, -0.2) is 49.3 Å². The van der Waals surface area contributed by atoms with Gasteiger partial charge in [-0.15, -0.1) is 0 Å². The summed E-state index contributed by atoms with van der Waals surface area (Å²) in [5.41, 5.74) is 1.21. The second-order valence-corrected chi connectivity index (χ2v) is 5.32. The van der Waals surface area contributed by atoms with Crippen molar-refractivity contribution in [3.8, 4) is 0 Å². The van der Waals surface area contributed by atoms with Crippen LogP contribution in [-0.2, 0) is 11.3 Å². The number of likely N-dealkylation sites (N-methyl/N-ethyl adjacent to an activating group) is 1. The summed E-state index contributed by atoms with van der Waals surface area (Å²) in [7, 11) is 2.11. The molecule has 0 aliphatic carbocycles. The van der Waals surface area contributed by atoms with Crippen LogP contribution in [0.15, 0.2) is 22.9 Å². The molecule has 5 heteroatoms. The predicted molar refractivity (Wildman–Crippen MR) is 70.9 cm³/mol. The van der Waals surface area contributed by atoms with Crippen molar-refractivity contribution in [1.29, 1.82) is 0 Å². The summed E-state index contributed by atoms with van der Waals surface area (Å²) in [6.45, 7) is 4.57. The number of pyridine rings is 1. The quantitative estimate of drug-likeness (QED) is 0.908. The summed E-state index contributed by atoms with van der Waals surface area (Å²) < 4.78 is 6.71. The van der Waals surface area contributed by atoms with Gasteiger partial charge in [0.05, 0.1) is 12.7 Å². The summed E-state index contributed by atoms with van der Waals surface area (Å²) in [4.78, 5) is 6.43. The van der Waals surface area contributed by atoms with Crippen molar-refractivity contribution in [2.24, 2.45) is 0 Å². The molecule has 1 N–H and O–H groups in total. The van der Waals surface area contributed by atoms with Gasteiger partial charge >= 0.3 is 0 Å². The van der Waals surface area contributed by atoms with Gasteiger partial charge in [-0.25, -0.2) is 0 Å². The number of nitrogens with zero attached hydrogens (tertiary/aromatic N) is 2. The molecule has 2 rings (SSSR count). The molecular formula is C12H18BrN3O. The lowest BCUT2D eigenvalue weighted by Gasteiger charge is -2.28. The highest BCUT2D eigenvalue weighted by molar-refractivity contribution is 9.10. The fourth-order valence-corrected chi connectivity index (χ4v) is 2.42. The summed E-state index contributed by atoms with van der Waals surface area (Å²) in [5, 5.41) is 3.34. The van der Waals surface area contributed by atoms with Gasteiger partial charge < -0.3 is 10.1 Å². The van der Waals surface area contributed by atoms with Crippen LogP contribution in [0.3, 0.4) is 0 Å². The van der Waals surface area contributed by atoms with Crippen LogP contribution in [0.25, 0.3) is 0 Å². The number of rotatable bonds is 4. The molecule has 1 fully saturated rings. The Morgan fingerprint density at radius 1 is 1.59 bits per heavy atom. The molecule has 0 bridgehead atoms. The number of hydrogen-bond donors (Lipinski definition) is 1. The third-order valence-electron chi connectivity index (χ3n) is 2.73. The van der Waals surface area contributed by atoms with Gasteiger partial charge in [0.15, 0.2) is 0 Å². The largest absolute Gasteiger partial charge is 0.374 e. The van der Waals surface area contributed by atoms with Crippen molar-refractivity contribution in [3.05, 3.63) is 28.5 Å². The van der Waals surface area contributed by atoms with E-state index >= 15 is 0 Å². The van der Waals surface area contributed by atoms with E-state index in [1.807, 2.05) is 6.20 Å². The maximum absolute atomic E-state index is 5.68. The molecule has 1 aromatic heterocycles. The Morgan fingerprint density at radius 2 is 2.47 bits per heavy atom. The zero-order chi connectivity index (χ0) is 12.1. The van der Waals surface area contributed by atoms with Gasteiger partial charge in [-0.05, 0) is 34.6 Å². The molecule has 4 nitrogen and oxygen atoms in total. The van der Waals surface area contributed by atoms with Gasteiger partial charge in [0.25, 0.3) is 0 Å². The van der Waals surface area contributed by atoms with E-state index in [0.717, 1.165) is 37.3 Å². The van der Waals surface area contributed by atoms with Crippen LogP contribution < -0.4 is 5.32 Å². The summed E-state index contributed by atoms with van der Waals surface area (Å²) >= 11 is 3.43. The first kappa shape index (κ1) is 13.0. The first-order chi connectivity index (χ1) is 8.24. The van der Waals surface area contributed by atoms with Crippen LogP contribution in [0.4, 0.5) is 0 Å². The van der Waals surface area contributed by atoms with Crippen LogP contribution in [0.1, 0.15) is 5.56 Å². The topological polar surface area (TPSA) is 37.4 Å². The smallest absolute Gasteiger partial charge is 0.0826 e. The predicted octanol–water partition coefficient (Wildman–Crippen LogP) is 1.26. The Hall–Kier alpha value is -0.490. The van der Waals surface area contributed by atoms with Gasteiger partial charge in [0, 0.05) is 43.0 Å². The summed E-state index contributed by atoms with van der Waals surface area (Å²) in [6.07, 6.45) is 4.01. The molecule has 0 amide bonds. The highest BCUT2D eigenvalue weighted by Crippen LogP contribution is 2.11. The second-order valence-electron chi connectivity index (χ2n) is 4.41. The third-order valence-corrected chi connectivity index (χ3v) is 3.17. The lowest BCUT2D eigenvalue weighted by atomic mass is 10.2. The van der Waals surface area contributed by atoms with E-state index in [0.29, 0.717) is 6.10 Å². The average molecular weight is 300 g/mol. The Morgan fingerprint density at radius 3 is 3.18 bits per heavy atom. The Kier molecular flexibility index (Phi) is 4.91. The number of morpholine rings is 1. The molecule has 1 unspecified atom stereocenters. The van der Waals surface area contributed by atoms with Crippen LogP contribution in [0.2, 0.25) is 0 Å². The molecule has 2 heterocycles. The number of ether oxygens (including phenoxy) is 1. The Balaban J connectivity index is 1.82. The molecule has 1 aliphatic heterocycles. The molecule has 17 heavy (non-hydrogen) atoms. The van der Waals surface area contributed by atoms with Crippen molar-refractivity contribution in [2.75, 3.05) is 33.3 Å². The molecule has 1 aliphatic rings. The zero-order valence-corrected chi connectivity index (χ0v) is 11.6. The lowest BCUT2D eigenvalue weighted by molar-refractivity contribution is 0.00883. The van der Waals surface area contributed by atoms with Gasteiger partial charge in [-0.3, -0.25) is 9.88 Å². The Labute approximate surface area is 110 Å². The minimum absolute atomic E-state index is 0.300. The standard InChI is InChI=1S/C12H18BrN3O/c1-16(9-12-7-14-2-3-17-12)8-10-4-11(13)6-15-5-10/h4-6,12,14H,2-3,7-9H2,1H3. The zero-order valence-electron chi connectivity index (χ0n) is 10.0. The van der Waals surface area contributed by atoms with Crippen LogP contribution in [0, 0.1) is 0 Å². The van der Waals surface area contributed by atoms with E-state index in [9.17, 15) is 0 Å². The molecule has 0 aromatic carbocycles. The molecule has 0 spiro atoms. The number of nitrogens with one attached hydrogen (secondary N) is 1. The van der Waals surface area contributed by atoms with Crippen LogP contribution in [0.5, 0.6) is 0 Å². The maximum atomic E-state index is 5.68. The average Bonchev–Trinajstić information content (AvgIpc) is 2.30. The van der Waals surface area contributed by atoms with E-state index in [1.165, 1.54) is 5.56 Å². The van der Waals surface area contributed by atoms with Crippen molar-refractivity contribution in [2.45, 2.75) is 12.6 Å². The highest BCUT2D eigenvalue weighted by atomic mass is 79.9. The second kappa shape index (κ2) is 6.44. The number of aromatic nitrogens is 1. The van der Waals surface area contributed by atoms with E-state index in [4.69, 9.17) is 4.74 Å². The van der Waals surface area contributed by atoms with Crippen LogP contribution >= 0.6 is 15.9 Å². The summed E-state index contributed by atoms with van der Waals surface area (Å²) in [6, 6.07) is 2.10. The molecular weight excluding hydrogens is 282 g/mol. The first-order valence-electron chi connectivity index (χ1n) is 5.84. The molecule has 1 saturated heterocycles. The SMILES string of the molecule is CN(Cc1cncc(Br)c1)CC1CNCCO1.